The monoisotopic (exact) mass is 710 g/mol. The molecule has 6 atom stereocenters. The van der Waals surface area contributed by atoms with E-state index in [0.717, 1.165) is 77.0 Å². The molecule has 0 aromatic carbocycles. The van der Waals surface area contributed by atoms with Gasteiger partial charge in [-0.25, -0.2) is 0 Å². The van der Waals surface area contributed by atoms with E-state index in [2.05, 4.69) is 10.8 Å². The van der Waals surface area contributed by atoms with Crippen molar-refractivity contribution in [1.82, 2.24) is 10.8 Å². The molecular formula is C34H54N4O12. The Kier molecular flexibility index (Phi) is 13.8. The summed E-state index contributed by atoms with van der Waals surface area (Å²) in [5, 5.41) is 44.6. The molecule has 4 N–H and O–H groups in total. The van der Waals surface area contributed by atoms with Gasteiger partial charge in [0.1, 0.15) is 0 Å². The van der Waals surface area contributed by atoms with E-state index in [1.54, 1.807) is 0 Å². The highest BCUT2D eigenvalue weighted by Gasteiger charge is 2.44. The first-order valence-corrected chi connectivity index (χ1v) is 18.7. The summed E-state index contributed by atoms with van der Waals surface area (Å²) in [6, 6.07) is -1.54. The molecule has 0 saturated heterocycles. The number of rotatable bonds is 14. The molecule has 0 spiro atoms. The van der Waals surface area contributed by atoms with E-state index in [0.29, 0.717) is 6.42 Å². The van der Waals surface area contributed by atoms with E-state index in [9.17, 15) is 44.8 Å². The largest absolute Gasteiger partial charge is 0.481 e. The molecule has 16 heteroatoms. The fraction of sp³-hybridized carbons (Fsp3) is 0.912. The van der Waals surface area contributed by atoms with Crippen LogP contribution in [-0.4, -0.2) is 93.1 Å². The number of ether oxygens (including phenoxy) is 2. The van der Waals surface area contributed by atoms with Crippen LogP contribution >= 0.6 is 0 Å². The van der Waals surface area contributed by atoms with Crippen molar-refractivity contribution in [3.8, 4) is 0 Å². The van der Waals surface area contributed by atoms with E-state index < -0.39 is 46.7 Å². The van der Waals surface area contributed by atoms with Crippen molar-refractivity contribution >= 4 is 17.8 Å². The van der Waals surface area contributed by atoms with E-state index in [4.69, 9.17) is 14.3 Å². The molecule has 5 fully saturated rings. The number of hydrogen-bond acceptors (Lipinski definition) is 11. The van der Waals surface area contributed by atoms with Crippen molar-refractivity contribution in [2.24, 2.45) is 23.7 Å². The number of nitrogens with zero attached hydrogens (tertiary/aromatic N) is 2. The highest BCUT2D eigenvalue weighted by Crippen LogP contribution is 2.35. The van der Waals surface area contributed by atoms with Crippen LogP contribution in [0.5, 0.6) is 0 Å². The average molecular weight is 711 g/mol. The van der Waals surface area contributed by atoms with Crippen molar-refractivity contribution in [3.05, 3.63) is 20.2 Å². The Balaban J connectivity index is 0.933. The second-order valence-electron chi connectivity index (χ2n) is 15.3. The molecule has 0 aliphatic heterocycles. The van der Waals surface area contributed by atoms with Crippen LogP contribution in [0.15, 0.2) is 0 Å². The van der Waals surface area contributed by atoms with Crippen LogP contribution in [-0.2, 0) is 28.7 Å². The zero-order chi connectivity index (χ0) is 35.8. The minimum absolute atomic E-state index is 0.0383. The normalized spacial score (nSPS) is 38.1. The van der Waals surface area contributed by atoms with Crippen molar-refractivity contribution in [1.29, 1.82) is 0 Å². The third kappa shape index (κ3) is 10.5. The molecule has 282 valence electrons. The van der Waals surface area contributed by atoms with E-state index in [-0.39, 0.29) is 92.0 Å². The number of aliphatic carboxylic acids is 2. The van der Waals surface area contributed by atoms with Crippen LogP contribution in [0.25, 0.3) is 0 Å². The van der Waals surface area contributed by atoms with Gasteiger partial charge in [-0.1, -0.05) is 0 Å². The van der Waals surface area contributed by atoms with E-state index in [1.807, 2.05) is 0 Å². The van der Waals surface area contributed by atoms with Gasteiger partial charge in [0.15, 0.2) is 0 Å². The fourth-order valence-electron chi connectivity index (χ4n) is 8.96. The van der Waals surface area contributed by atoms with E-state index >= 15 is 0 Å². The standard InChI is InChI=1S/C34H54N4O12/c39-32(31-18-24(38(46)47)6-16-30(31)34(42)43)35-21-1-7-25(8-2-21)49-27-11-13-28(14-12-27)50-26-9-3-22(4-10-26)36-48-19-20-17-23(37(44)45)5-15-29(20)33(40)41/h20-31,36H,1-19H2,(H,35,39)(H,40,41)(H,42,43). The molecule has 16 nitrogen and oxygen atoms in total. The summed E-state index contributed by atoms with van der Waals surface area (Å²) in [7, 11) is 0. The number of hydroxylamine groups is 1. The highest BCUT2D eigenvalue weighted by molar-refractivity contribution is 5.85. The molecule has 5 aliphatic carbocycles. The smallest absolute Gasteiger partial charge is 0.307 e. The van der Waals surface area contributed by atoms with Crippen LogP contribution in [0.1, 0.15) is 116 Å². The Morgan fingerprint density at radius 3 is 1.50 bits per heavy atom. The van der Waals surface area contributed by atoms with Gasteiger partial charge in [0.2, 0.25) is 18.0 Å². The van der Waals surface area contributed by atoms with Gasteiger partial charge in [-0.15, -0.1) is 0 Å². The summed E-state index contributed by atoms with van der Waals surface area (Å²) >= 11 is 0. The lowest BCUT2D eigenvalue weighted by atomic mass is 9.76. The lowest BCUT2D eigenvalue weighted by molar-refractivity contribution is -0.528. The van der Waals surface area contributed by atoms with Crippen molar-refractivity contribution in [2.75, 3.05) is 6.61 Å². The molecule has 50 heavy (non-hydrogen) atoms. The predicted octanol–water partition coefficient (Wildman–Crippen LogP) is 3.88. The number of carboxylic acids is 2. The van der Waals surface area contributed by atoms with Crippen molar-refractivity contribution in [3.63, 3.8) is 0 Å². The topological polar surface area (TPSA) is 230 Å². The summed E-state index contributed by atoms with van der Waals surface area (Å²) in [5.74, 6) is -5.16. The van der Waals surface area contributed by atoms with Crippen molar-refractivity contribution < 1.29 is 48.8 Å². The molecule has 0 radical (unpaired) electrons. The second-order valence-corrected chi connectivity index (χ2v) is 15.3. The van der Waals surface area contributed by atoms with Crippen LogP contribution in [0.4, 0.5) is 0 Å². The van der Waals surface area contributed by atoms with Gasteiger partial charge in [0.25, 0.3) is 0 Å². The zero-order valence-corrected chi connectivity index (χ0v) is 28.7. The Morgan fingerprint density at radius 1 is 0.580 bits per heavy atom. The first-order chi connectivity index (χ1) is 24.0. The first-order valence-electron chi connectivity index (χ1n) is 18.7. The number of hydrogen-bond donors (Lipinski definition) is 4. The number of carboxylic acid groups (broad SMARTS) is 2. The Morgan fingerprint density at radius 2 is 1.02 bits per heavy atom. The summed E-state index contributed by atoms with van der Waals surface area (Å²) < 4.78 is 12.9. The number of amides is 1. The Labute approximate surface area is 292 Å². The molecule has 5 rings (SSSR count). The van der Waals surface area contributed by atoms with Gasteiger partial charge in [0, 0.05) is 53.5 Å². The maximum atomic E-state index is 13.0. The van der Waals surface area contributed by atoms with Crippen LogP contribution in [0.2, 0.25) is 0 Å². The molecular weight excluding hydrogens is 656 g/mol. The lowest BCUT2D eigenvalue weighted by Crippen LogP contribution is -2.48. The lowest BCUT2D eigenvalue weighted by Gasteiger charge is -2.37. The fourth-order valence-corrected chi connectivity index (χ4v) is 8.96. The third-order valence-corrected chi connectivity index (χ3v) is 12.0. The molecule has 0 aromatic rings. The molecule has 5 aliphatic rings. The molecule has 0 bridgehead atoms. The summed E-state index contributed by atoms with van der Waals surface area (Å²) in [4.78, 5) is 63.9. The summed E-state index contributed by atoms with van der Waals surface area (Å²) in [6.45, 7) is 0.143. The van der Waals surface area contributed by atoms with Crippen LogP contribution in [0, 0.1) is 43.9 Å². The van der Waals surface area contributed by atoms with Crippen LogP contribution in [0.3, 0.4) is 0 Å². The zero-order valence-electron chi connectivity index (χ0n) is 28.7. The van der Waals surface area contributed by atoms with Gasteiger partial charge >= 0.3 is 11.9 Å². The van der Waals surface area contributed by atoms with E-state index in [1.165, 1.54) is 0 Å². The minimum atomic E-state index is -1.07. The van der Waals surface area contributed by atoms with Gasteiger partial charge in [-0.05, 0) is 89.9 Å². The summed E-state index contributed by atoms with van der Waals surface area (Å²) in [5.41, 5.74) is 3.08. The predicted molar refractivity (Wildman–Crippen MR) is 176 cm³/mol. The van der Waals surface area contributed by atoms with Gasteiger partial charge in [-0.3, -0.25) is 34.6 Å². The van der Waals surface area contributed by atoms with Crippen molar-refractivity contribution in [2.45, 2.75) is 164 Å². The summed E-state index contributed by atoms with van der Waals surface area (Å²) in [6.07, 6.45) is 12.1. The second kappa shape index (κ2) is 18.0. The quantitative estimate of drug-likeness (QED) is 0.148. The highest BCUT2D eigenvalue weighted by atomic mass is 16.6. The van der Waals surface area contributed by atoms with Crippen LogP contribution < -0.4 is 10.8 Å². The Hall–Kier alpha value is -2.95. The molecule has 1 amide bonds. The van der Waals surface area contributed by atoms with Gasteiger partial charge in [0.05, 0.1) is 48.8 Å². The van der Waals surface area contributed by atoms with Gasteiger partial charge in [-0.2, -0.15) is 5.48 Å². The number of nitro groups is 2. The average Bonchev–Trinajstić information content (AvgIpc) is 3.10. The number of nitrogens with one attached hydrogen (secondary N) is 2. The van der Waals surface area contributed by atoms with Gasteiger partial charge < -0.3 is 29.8 Å². The molecule has 0 heterocycles. The molecule has 5 saturated carbocycles. The maximum Gasteiger partial charge on any atom is 0.307 e. The molecule has 6 unspecified atom stereocenters. The SMILES string of the molecule is O=C(O)C1CCC([N+](=O)[O-])CC1CONC1CCC(OC2CCC(OC3CCC(NC(=O)C4CC([N+](=O)[O-])CCC4C(=O)O)CC3)CC2)CC1. The minimum Gasteiger partial charge on any atom is -0.481 e. The third-order valence-electron chi connectivity index (χ3n) is 12.0. The molecule has 0 aromatic heterocycles. The number of carbonyl (C=O) groups is 3. The first kappa shape index (κ1) is 38.3. The number of carbonyl (C=O) groups excluding carboxylic acids is 1. The Bertz CT molecular complexity index is 1180. The maximum absolute atomic E-state index is 13.0.